The minimum atomic E-state index is -1.30. The van der Waals surface area contributed by atoms with Gasteiger partial charge in [0.2, 0.25) is 0 Å². The topological polar surface area (TPSA) is 49.3 Å². The van der Waals surface area contributed by atoms with Crippen molar-refractivity contribution in [2.45, 2.75) is 6.04 Å². The third-order valence-electron chi connectivity index (χ3n) is 2.92. The van der Waals surface area contributed by atoms with E-state index in [1.54, 1.807) is 30.3 Å². The molecule has 0 aliphatic carbocycles. The first-order valence-corrected chi connectivity index (χ1v) is 6.14. The van der Waals surface area contributed by atoms with Crippen LogP contribution in [0.4, 0.5) is 13.2 Å². The van der Waals surface area contributed by atoms with E-state index in [1.165, 1.54) is 0 Å². The molecule has 0 aliphatic rings. The van der Waals surface area contributed by atoms with Crippen LogP contribution in [-0.2, 0) is 0 Å². The van der Waals surface area contributed by atoms with Crippen molar-refractivity contribution in [1.29, 1.82) is 0 Å². The van der Waals surface area contributed by atoms with E-state index in [4.69, 9.17) is 0 Å². The average Bonchev–Trinajstić information content (AvgIpc) is 2.44. The van der Waals surface area contributed by atoms with Crippen LogP contribution in [0.15, 0.2) is 42.5 Å². The van der Waals surface area contributed by atoms with Gasteiger partial charge >= 0.3 is 0 Å². The van der Waals surface area contributed by atoms with Crippen LogP contribution in [0.25, 0.3) is 0 Å². The number of hydrogen-bond donors (Lipinski definition) is 2. The van der Waals surface area contributed by atoms with Gasteiger partial charge in [-0.3, -0.25) is 4.79 Å². The summed E-state index contributed by atoms with van der Waals surface area (Å²) in [5.74, 6) is -4.76. The first-order chi connectivity index (χ1) is 10.0. The molecule has 2 N–H and O–H groups in total. The zero-order chi connectivity index (χ0) is 15.4. The lowest BCUT2D eigenvalue weighted by Crippen LogP contribution is -2.32. The number of hydrogen-bond acceptors (Lipinski definition) is 2. The minimum absolute atomic E-state index is 0.425. The van der Waals surface area contributed by atoms with Crippen LogP contribution < -0.4 is 5.32 Å². The van der Waals surface area contributed by atoms with Crippen molar-refractivity contribution in [1.82, 2.24) is 5.32 Å². The second-order valence-electron chi connectivity index (χ2n) is 4.36. The molecule has 0 aromatic heterocycles. The molecular formula is C15H12F3NO2. The second kappa shape index (κ2) is 6.41. The summed E-state index contributed by atoms with van der Waals surface area (Å²) in [5.41, 5.74) is -0.304. The molecule has 6 heteroatoms. The van der Waals surface area contributed by atoms with Gasteiger partial charge in [-0.05, 0) is 5.56 Å². The second-order valence-corrected chi connectivity index (χ2v) is 4.36. The highest BCUT2D eigenvalue weighted by atomic mass is 19.1. The summed E-state index contributed by atoms with van der Waals surface area (Å²) in [7, 11) is 0. The van der Waals surface area contributed by atoms with E-state index >= 15 is 0 Å². The van der Waals surface area contributed by atoms with Gasteiger partial charge in [0.25, 0.3) is 5.91 Å². The molecule has 3 nitrogen and oxygen atoms in total. The number of nitrogens with one attached hydrogen (secondary N) is 1. The zero-order valence-corrected chi connectivity index (χ0v) is 10.8. The summed E-state index contributed by atoms with van der Waals surface area (Å²) >= 11 is 0. The van der Waals surface area contributed by atoms with E-state index in [9.17, 15) is 23.1 Å². The van der Waals surface area contributed by atoms with Crippen molar-refractivity contribution < 1.29 is 23.1 Å². The minimum Gasteiger partial charge on any atom is -0.394 e. The van der Waals surface area contributed by atoms with Gasteiger partial charge in [-0.2, -0.15) is 0 Å². The lowest BCUT2D eigenvalue weighted by atomic mass is 10.1. The van der Waals surface area contributed by atoms with Crippen LogP contribution in [0.1, 0.15) is 22.0 Å². The van der Waals surface area contributed by atoms with Crippen molar-refractivity contribution in [3.63, 3.8) is 0 Å². The molecule has 2 aromatic rings. The van der Waals surface area contributed by atoms with Crippen molar-refractivity contribution in [2.75, 3.05) is 6.61 Å². The molecule has 0 radical (unpaired) electrons. The number of carbonyl (C=O) groups excluding carboxylic acids is 1. The van der Waals surface area contributed by atoms with Gasteiger partial charge in [-0.1, -0.05) is 30.3 Å². The number of benzene rings is 2. The Bertz CT molecular complexity index is 624. The molecule has 2 aromatic carbocycles. The summed E-state index contributed by atoms with van der Waals surface area (Å²) in [6.07, 6.45) is 0. The molecule has 0 heterocycles. The first kappa shape index (κ1) is 15.1. The van der Waals surface area contributed by atoms with Gasteiger partial charge in [0.1, 0.15) is 23.0 Å². The van der Waals surface area contributed by atoms with Crippen molar-refractivity contribution in [2.24, 2.45) is 0 Å². The van der Waals surface area contributed by atoms with E-state index in [0.717, 1.165) is 0 Å². The van der Waals surface area contributed by atoms with Crippen molar-refractivity contribution >= 4 is 5.91 Å². The van der Waals surface area contributed by atoms with E-state index in [0.29, 0.717) is 17.7 Å². The summed E-state index contributed by atoms with van der Waals surface area (Å²) in [4.78, 5) is 11.9. The Morgan fingerprint density at radius 2 is 1.67 bits per heavy atom. The Labute approximate surface area is 119 Å². The maximum atomic E-state index is 13.5. The standard InChI is InChI=1S/C15H12F3NO2/c16-10-6-11(17)14(12(18)7-10)15(21)19-13(8-20)9-4-2-1-3-5-9/h1-7,13,20H,8H2,(H,19,21)/t13-/m1/s1. The summed E-state index contributed by atoms with van der Waals surface area (Å²) in [5, 5.41) is 11.6. The van der Waals surface area contributed by atoms with Gasteiger partial charge in [-0.25, -0.2) is 13.2 Å². The molecule has 0 bridgehead atoms. The zero-order valence-electron chi connectivity index (χ0n) is 10.8. The Balaban J connectivity index is 2.25. The number of halogens is 3. The molecule has 0 spiro atoms. The number of amides is 1. The Morgan fingerprint density at radius 3 is 2.19 bits per heavy atom. The van der Waals surface area contributed by atoms with Gasteiger partial charge in [0.05, 0.1) is 12.6 Å². The number of aliphatic hydroxyl groups is 1. The van der Waals surface area contributed by atoms with Crippen LogP contribution in [-0.4, -0.2) is 17.6 Å². The van der Waals surface area contributed by atoms with Crippen LogP contribution in [0.2, 0.25) is 0 Å². The van der Waals surface area contributed by atoms with E-state index in [2.05, 4.69) is 5.32 Å². The maximum absolute atomic E-state index is 13.5. The monoisotopic (exact) mass is 295 g/mol. The Hall–Kier alpha value is -2.34. The highest BCUT2D eigenvalue weighted by Crippen LogP contribution is 2.17. The third kappa shape index (κ3) is 3.41. The first-order valence-electron chi connectivity index (χ1n) is 6.14. The number of carbonyl (C=O) groups is 1. The fourth-order valence-electron chi connectivity index (χ4n) is 1.91. The van der Waals surface area contributed by atoms with Crippen LogP contribution in [0.5, 0.6) is 0 Å². The fourth-order valence-corrected chi connectivity index (χ4v) is 1.91. The molecule has 1 atom stereocenters. The van der Waals surface area contributed by atoms with Crippen molar-refractivity contribution in [3.8, 4) is 0 Å². The molecule has 1 amide bonds. The SMILES string of the molecule is O=C(N[C@H](CO)c1ccccc1)c1c(F)cc(F)cc1F. The van der Waals surface area contributed by atoms with E-state index in [-0.39, 0.29) is 0 Å². The van der Waals surface area contributed by atoms with Gasteiger partial charge in [0.15, 0.2) is 0 Å². The smallest absolute Gasteiger partial charge is 0.257 e. The maximum Gasteiger partial charge on any atom is 0.257 e. The van der Waals surface area contributed by atoms with E-state index in [1.807, 2.05) is 0 Å². The molecule has 0 aliphatic heterocycles. The largest absolute Gasteiger partial charge is 0.394 e. The molecular weight excluding hydrogens is 283 g/mol. The quantitative estimate of drug-likeness (QED) is 0.911. The van der Waals surface area contributed by atoms with Crippen LogP contribution in [0, 0.1) is 17.5 Å². The molecule has 0 saturated heterocycles. The van der Waals surface area contributed by atoms with Crippen molar-refractivity contribution in [3.05, 3.63) is 71.0 Å². The summed E-state index contributed by atoms with van der Waals surface area (Å²) in [6.45, 7) is -0.444. The fraction of sp³-hybridized carbons (Fsp3) is 0.133. The summed E-state index contributed by atoms with van der Waals surface area (Å²) < 4.78 is 39.8. The van der Waals surface area contributed by atoms with Crippen LogP contribution >= 0.6 is 0 Å². The highest BCUT2D eigenvalue weighted by molar-refractivity contribution is 5.95. The average molecular weight is 295 g/mol. The third-order valence-corrected chi connectivity index (χ3v) is 2.92. The normalized spacial score (nSPS) is 12.0. The molecule has 21 heavy (non-hydrogen) atoms. The molecule has 110 valence electrons. The lowest BCUT2D eigenvalue weighted by molar-refractivity contribution is 0.0907. The molecule has 0 saturated carbocycles. The van der Waals surface area contributed by atoms with E-state index < -0.39 is 41.6 Å². The molecule has 2 rings (SSSR count). The number of rotatable bonds is 4. The van der Waals surface area contributed by atoms with Crippen LogP contribution in [0.3, 0.4) is 0 Å². The van der Waals surface area contributed by atoms with Gasteiger partial charge in [-0.15, -0.1) is 0 Å². The number of aliphatic hydroxyl groups excluding tert-OH is 1. The summed E-state index contributed by atoms with van der Waals surface area (Å²) in [6, 6.07) is 8.48. The molecule has 0 fully saturated rings. The predicted molar refractivity (Wildman–Crippen MR) is 70.1 cm³/mol. The van der Waals surface area contributed by atoms with Gasteiger partial charge in [0, 0.05) is 12.1 Å². The lowest BCUT2D eigenvalue weighted by Gasteiger charge is -2.17. The highest BCUT2D eigenvalue weighted by Gasteiger charge is 2.22. The Morgan fingerprint density at radius 1 is 1.10 bits per heavy atom. The predicted octanol–water partition coefficient (Wildman–Crippen LogP) is 2.57. The molecule has 0 unspecified atom stereocenters. The van der Waals surface area contributed by atoms with Gasteiger partial charge < -0.3 is 10.4 Å². The Kier molecular flexibility index (Phi) is 4.59.